The summed E-state index contributed by atoms with van der Waals surface area (Å²) in [4.78, 5) is 4.43. The molecule has 2 aliphatic heterocycles. The number of nitrogens with one attached hydrogen (secondary N) is 2. The molecule has 8 N–H and O–H groups in total. The molecule has 0 spiro atoms. The highest BCUT2D eigenvalue weighted by atomic mass is 127. The lowest BCUT2D eigenvalue weighted by Gasteiger charge is -2.19. The van der Waals surface area contributed by atoms with Crippen LogP contribution in [0.15, 0.2) is 48.9 Å². The Morgan fingerprint density at radius 3 is 1.42 bits per heavy atom. The molecule has 2 heterocycles. The molecule has 0 amide bonds. The van der Waals surface area contributed by atoms with Crippen molar-refractivity contribution in [2.45, 2.75) is 0 Å². The highest BCUT2D eigenvalue weighted by molar-refractivity contribution is 7.80. The molecule has 0 bridgehead atoms. The number of rotatable bonds is 6. The van der Waals surface area contributed by atoms with Crippen molar-refractivity contribution in [1.82, 2.24) is 20.4 Å². The molecule has 0 aromatic carbocycles. The number of hydrogen-bond acceptors (Lipinski definition) is 4. The van der Waals surface area contributed by atoms with Crippen LogP contribution in [0.25, 0.3) is 0 Å². The molecule has 0 unspecified atom stereocenters. The summed E-state index contributed by atoms with van der Waals surface area (Å²) in [5.41, 5.74) is 7.18. The van der Waals surface area contributed by atoms with E-state index in [2.05, 4.69) is 68.6 Å². The van der Waals surface area contributed by atoms with Gasteiger partial charge in [-0.05, 0) is 24.6 Å². The Morgan fingerprint density at radius 1 is 0.769 bits per heavy atom. The summed E-state index contributed by atoms with van der Waals surface area (Å²) in [5.74, 6) is 0. The Balaban J connectivity index is 0. The van der Waals surface area contributed by atoms with Crippen molar-refractivity contribution < 1.29 is 59.4 Å². The molecule has 2 aliphatic rings. The smallest absolute Gasteiger partial charge is 0.264 e. The molecule has 0 radical (unpaired) electrons. The van der Waals surface area contributed by atoms with E-state index >= 15 is 0 Å². The molecule has 0 aromatic rings. The normalized spacial score (nSPS) is 13.8. The minimum Gasteiger partial charge on any atom is -1.00 e. The van der Waals surface area contributed by atoms with Gasteiger partial charge in [0.25, 0.3) is 10.2 Å². The molecule has 6 nitrogen and oxygen atoms in total. The lowest BCUT2D eigenvalue weighted by atomic mass is 10.3. The lowest BCUT2D eigenvalue weighted by Crippen LogP contribution is -3.00. The van der Waals surface area contributed by atoms with Gasteiger partial charge in [-0.15, -0.1) is 0 Å². The van der Waals surface area contributed by atoms with Crippen LogP contribution in [0.4, 0.5) is 0 Å². The fourth-order valence-electron chi connectivity index (χ4n) is 2.02. The van der Waals surface area contributed by atoms with Gasteiger partial charge in [0.15, 0.2) is 0 Å². The molecule has 10 heteroatoms. The van der Waals surface area contributed by atoms with E-state index < -0.39 is 0 Å². The summed E-state index contributed by atoms with van der Waals surface area (Å²) in [6, 6.07) is 0. The Hall–Kier alpha value is -0.280. The zero-order valence-corrected chi connectivity index (χ0v) is 20.7. The van der Waals surface area contributed by atoms with Crippen molar-refractivity contribution in [3.05, 3.63) is 48.9 Å². The quantitative estimate of drug-likeness (QED) is 0.174. The van der Waals surface area contributed by atoms with Crippen LogP contribution in [0.2, 0.25) is 0 Å². The van der Waals surface area contributed by atoms with Crippen molar-refractivity contribution in [2.24, 2.45) is 0 Å². The first kappa shape index (κ1) is 27.9. The Bertz CT molecular complexity index is 477. The second kappa shape index (κ2) is 18.1. The number of halogens is 2. The van der Waals surface area contributed by atoms with Crippen LogP contribution in [0, 0.1) is 0 Å². The van der Waals surface area contributed by atoms with Crippen molar-refractivity contribution in [2.75, 3.05) is 39.3 Å². The van der Waals surface area contributed by atoms with Gasteiger partial charge in [0.1, 0.15) is 0 Å². The zero-order valence-electron chi connectivity index (χ0n) is 14.7. The topological polar surface area (TPSA) is 85.8 Å². The molecule has 0 fully saturated rings. The molecule has 0 aliphatic carbocycles. The van der Waals surface area contributed by atoms with E-state index in [1.54, 1.807) is 0 Å². The number of hydrogen-bond donors (Lipinski definition) is 4. The van der Waals surface area contributed by atoms with Gasteiger partial charge in [-0.3, -0.25) is 0 Å². The average molecular weight is 622 g/mol. The van der Waals surface area contributed by atoms with E-state index in [1.165, 1.54) is 0 Å². The molecule has 26 heavy (non-hydrogen) atoms. The maximum atomic E-state index is 4.79. The van der Waals surface area contributed by atoms with Gasteiger partial charge in [0.2, 0.25) is 0 Å². The molecule has 148 valence electrons. The van der Waals surface area contributed by atoms with Crippen LogP contribution in [-0.4, -0.2) is 59.3 Å². The van der Waals surface area contributed by atoms with Gasteiger partial charge < -0.3 is 79.9 Å². The fraction of sp³-hybridized carbons (Fsp3) is 0.375. The molecule has 2 rings (SSSR count). The predicted molar refractivity (Wildman–Crippen MR) is 107 cm³/mol. The zero-order chi connectivity index (χ0) is 17.6. The molecular formula is C16H28I2N6S2. The molecule has 0 atom stereocenters. The van der Waals surface area contributed by atoms with E-state index in [9.17, 15) is 0 Å². The fourth-order valence-corrected chi connectivity index (χ4v) is 2.23. The maximum absolute atomic E-state index is 4.79. The SMILES string of the molecule is [I-].[I-].[NH3+]C(=S)NCCN1C=CC=CC1.[NH3+]C(=S)NCCN1C=CC=CC1. The van der Waals surface area contributed by atoms with Crippen molar-refractivity contribution in [1.29, 1.82) is 0 Å². The number of thiocarbonyl (C=S) groups is 2. The third-order valence-corrected chi connectivity index (χ3v) is 3.50. The predicted octanol–water partition coefficient (Wildman–Crippen LogP) is -7.02. The van der Waals surface area contributed by atoms with Crippen LogP contribution >= 0.6 is 24.4 Å². The van der Waals surface area contributed by atoms with Gasteiger partial charge in [-0.2, -0.15) is 0 Å². The van der Waals surface area contributed by atoms with E-state index in [1.807, 2.05) is 12.2 Å². The monoisotopic (exact) mass is 622 g/mol. The number of nitrogens with zero attached hydrogens (tertiary/aromatic N) is 2. The van der Waals surface area contributed by atoms with Gasteiger partial charge in [0.05, 0.1) is 0 Å². The highest BCUT2D eigenvalue weighted by Crippen LogP contribution is 1.96. The Labute approximate surface area is 201 Å². The van der Waals surface area contributed by atoms with Crippen LogP contribution < -0.4 is 70.1 Å². The van der Waals surface area contributed by atoms with Crippen molar-refractivity contribution in [3.8, 4) is 0 Å². The van der Waals surface area contributed by atoms with E-state index in [0.29, 0.717) is 10.2 Å². The van der Waals surface area contributed by atoms with Gasteiger partial charge in [-0.1, -0.05) is 24.3 Å². The summed E-state index contributed by atoms with van der Waals surface area (Å²) in [7, 11) is 0. The van der Waals surface area contributed by atoms with E-state index in [-0.39, 0.29) is 48.0 Å². The summed E-state index contributed by atoms with van der Waals surface area (Å²) in [6.45, 7) is 5.64. The molecule has 0 saturated carbocycles. The molecule has 0 aromatic heterocycles. The van der Waals surface area contributed by atoms with Gasteiger partial charge >= 0.3 is 0 Å². The standard InChI is InChI=1S/2C8H13N3S.2HI/c2*9-8(12)10-4-7-11-5-2-1-3-6-11;;/h2*1-3,5H,4,6-7H2,(H3,9,10,12);2*1H. The first-order valence-corrected chi connectivity index (χ1v) is 8.74. The number of quaternary nitrogens is 2. The maximum Gasteiger partial charge on any atom is 0.264 e. The van der Waals surface area contributed by atoms with E-state index in [4.69, 9.17) is 24.4 Å². The van der Waals surface area contributed by atoms with Crippen molar-refractivity contribution in [3.63, 3.8) is 0 Å². The molecular weight excluding hydrogens is 594 g/mol. The van der Waals surface area contributed by atoms with Crippen molar-refractivity contribution >= 4 is 34.7 Å². The minimum absolute atomic E-state index is 0. The minimum atomic E-state index is 0. The summed E-state index contributed by atoms with van der Waals surface area (Å²) in [6.07, 6.45) is 16.6. The van der Waals surface area contributed by atoms with E-state index in [0.717, 1.165) is 39.3 Å². The van der Waals surface area contributed by atoms with Gasteiger partial charge in [-0.25, -0.2) is 0 Å². The summed E-state index contributed by atoms with van der Waals surface area (Å²) >= 11 is 9.58. The second-order valence-electron chi connectivity index (χ2n) is 5.23. The van der Waals surface area contributed by atoms with Crippen LogP contribution in [0.3, 0.4) is 0 Å². The number of allylic oxidation sites excluding steroid dienone is 4. The molecule has 0 saturated heterocycles. The average Bonchev–Trinajstić information content (AvgIpc) is 2.57. The third-order valence-electron chi connectivity index (χ3n) is 3.21. The summed E-state index contributed by atoms with van der Waals surface area (Å²) < 4.78 is 0. The first-order valence-electron chi connectivity index (χ1n) is 7.92. The summed E-state index contributed by atoms with van der Waals surface area (Å²) in [5, 5.41) is 7.26. The largest absolute Gasteiger partial charge is 1.00 e. The lowest BCUT2D eigenvalue weighted by molar-refractivity contribution is -0.215. The Kier molecular flexibility index (Phi) is 19.4. The highest BCUT2D eigenvalue weighted by Gasteiger charge is 1.99. The van der Waals surface area contributed by atoms with Crippen LogP contribution in [-0.2, 0) is 0 Å². The third kappa shape index (κ3) is 15.9. The Morgan fingerprint density at radius 2 is 1.15 bits per heavy atom. The van der Waals surface area contributed by atoms with Gasteiger partial charge in [0, 0.05) is 63.7 Å². The van der Waals surface area contributed by atoms with Crippen LogP contribution in [0.5, 0.6) is 0 Å². The van der Waals surface area contributed by atoms with Crippen LogP contribution in [0.1, 0.15) is 0 Å². The first-order chi connectivity index (χ1) is 11.6. The second-order valence-corrected chi connectivity index (χ2v) is 6.21.